The molecule has 32 heavy (non-hydrogen) atoms. The highest BCUT2D eigenvalue weighted by Gasteiger charge is 2.43. The number of methoxy groups -OCH3 is 2. The van der Waals surface area contributed by atoms with Crippen LogP contribution in [0.1, 0.15) is 24.0 Å². The van der Waals surface area contributed by atoms with Gasteiger partial charge in [0.2, 0.25) is 0 Å². The first kappa shape index (κ1) is 21.9. The van der Waals surface area contributed by atoms with Gasteiger partial charge in [-0.1, -0.05) is 18.2 Å². The van der Waals surface area contributed by atoms with Crippen molar-refractivity contribution in [3.05, 3.63) is 59.3 Å². The Morgan fingerprint density at radius 1 is 1.03 bits per heavy atom. The number of aryl methyl sites for hydroxylation is 1. The van der Waals surface area contributed by atoms with Crippen LogP contribution in [0.3, 0.4) is 0 Å². The Kier molecular flexibility index (Phi) is 6.19. The van der Waals surface area contributed by atoms with Gasteiger partial charge in [0.1, 0.15) is 5.70 Å². The topological polar surface area (TPSA) is 79.3 Å². The lowest BCUT2D eigenvalue weighted by Gasteiger charge is -2.34. The van der Waals surface area contributed by atoms with Crippen LogP contribution in [-0.2, 0) is 9.59 Å². The van der Waals surface area contributed by atoms with Crippen molar-refractivity contribution in [3.8, 4) is 11.5 Å². The van der Waals surface area contributed by atoms with Gasteiger partial charge in [0.05, 0.1) is 25.5 Å². The summed E-state index contributed by atoms with van der Waals surface area (Å²) in [5, 5.41) is 9.70. The number of amides is 2. The smallest absolute Gasteiger partial charge is 0.282 e. The summed E-state index contributed by atoms with van der Waals surface area (Å²) >= 11 is 0. The highest BCUT2D eigenvalue weighted by atomic mass is 16.5. The molecule has 1 N–H and O–H groups in total. The fourth-order valence-corrected chi connectivity index (χ4v) is 4.48. The molecule has 0 saturated carbocycles. The Morgan fingerprint density at radius 2 is 1.81 bits per heavy atom. The van der Waals surface area contributed by atoms with E-state index >= 15 is 0 Å². The monoisotopic (exact) mass is 436 g/mol. The maximum absolute atomic E-state index is 13.7. The van der Waals surface area contributed by atoms with Gasteiger partial charge >= 0.3 is 0 Å². The number of aliphatic hydroxyl groups excluding tert-OH is 1. The highest BCUT2D eigenvalue weighted by molar-refractivity contribution is 6.45. The van der Waals surface area contributed by atoms with E-state index in [1.165, 1.54) is 12.0 Å². The van der Waals surface area contributed by atoms with Crippen LogP contribution in [0.25, 0.3) is 5.57 Å². The number of piperidine rings is 1. The molecule has 4 rings (SSSR count). The maximum Gasteiger partial charge on any atom is 0.282 e. The molecule has 7 nitrogen and oxygen atoms in total. The van der Waals surface area contributed by atoms with E-state index in [9.17, 15) is 14.7 Å². The second-order valence-electron chi connectivity index (χ2n) is 8.21. The number of anilines is 1. The van der Waals surface area contributed by atoms with Gasteiger partial charge in [-0.15, -0.1) is 0 Å². The van der Waals surface area contributed by atoms with Crippen LogP contribution in [-0.4, -0.2) is 55.7 Å². The molecular weight excluding hydrogens is 408 g/mol. The van der Waals surface area contributed by atoms with Crippen molar-refractivity contribution >= 4 is 23.1 Å². The number of rotatable bonds is 6. The lowest BCUT2D eigenvalue weighted by molar-refractivity contribution is -0.120. The van der Waals surface area contributed by atoms with Crippen LogP contribution < -0.4 is 14.4 Å². The molecule has 2 aliphatic heterocycles. The largest absolute Gasteiger partial charge is 0.493 e. The molecule has 0 aliphatic carbocycles. The third-order valence-electron chi connectivity index (χ3n) is 6.08. The van der Waals surface area contributed by atoms with E-state index in [2.05, 4.69) is 0 Å². The Bertz CT molecular complexity index is 1080. The first-order chi connectivity index (χ1) is 15.5. The minimum atomic E-state index is -0.367. The van der Waals surface area contributed by atoms with Crippen molar-refractivity contribution in [3.63, 3.8) is 0 Å². The van der Waals surface area contributed by atoms with Gasteiger partial charge in [0, 0.05) is 19.7 Å². The Balaban J connectivity index is 1.85. The van der Waals surface area contributed by atoms with Crippen molar-refractivity contribution in [2.45, 2.75) is 19.8 Å². The predicted molar refractivity (Wildman–Crippen MR) is 122 cm³/mol. The molecule has 2 aromatic rings. The van der Waals surface area contributed by atoms with Gasteiger partial charge in [-0.05, 0) is 61.1 Å². The fraction of sp³-hybridized carbons (Fsp3) is 0.360. The van der Waals surface area contributed by atoms with E-state index in [4.69, 9.17) is 9.47 Å². The van der Waals surface area contributed by atoms with Gasteiger partial charge in [-0.3, -0.25) is 9.59 Å². The lowest BCUT2D eigenvalue weighted by Crippen LogP contribution is -2.40. The Morgan fingerprint density at radius 3 is 2.50 bits per heavy atom. The number of likely N-dealkylation sites (tertiary alicyclic amines) is 1. The van der Waals surface area contributed by atoms with Crippen LogP contribution >= 0.6 is 0 Å². The quantitative estimate of drug-likeness (QED) is 0.702. The number of benzene rings is 2. The van der Waals surface area contributed by atoms with Crippen LogP contribution in [0.2, 0.25) is 0 Å². The summed E-state index contributed by atoms with van der Waals surface area (Å²) in [4.78, 5) is 30.6. The van der Waals surface area contributed by atoms with E-state index in [1.54, 1.807) is 31.4 Å². The zero-order chi connectivity index (χ0) is 22.8. The molecule has 1 unspecified atom stereocenters. The average molecular weight is 437 g/mol. The van der Waals surface area contributed by atoms with E-state index in [0.717, 1.165) is 18.4 Å². The van der Waals surface area contributed by atoms with Crippen molar-refractivity contribution in [2.75, 3.05) is 38.8 Å². The number of carbonyl (C=O) groups is 2. The van der Waals surface area contributed by atoms with Gasteiger partial charge < -0.3 is 19.5 Å². The zero-order valence-corrected chi connectivity index (χ0v) is 18.6. The number of aliphatic hydroxyl groups is 1. The highest BCUT2D eigenvalue weighted by Crippen LogP contribution is 2.39. The lowest BCUT2D eigenvalue weighted by atomic mass is 9.96. The second kappa shape index (κ2) is 9.04. The number of hydrogen-bond acceptors (Lipinski definition) is 6. The van der Waals surface area contributed by atoms with Gasteiger partial charge in [0.15, 0.2) is 11.5 Å². The molecule has 2 heterocycles. The van der Waals surface area contributed by atoms with Crippen molar-refractivity contribution in [1.82, 2.24) is 4.90 Å². The molecule has 2 aromatic carbocycles. The molecule has 168 valence electrons. The van der Waals surface area contributed by atoms with Crippen molar-refractivity contribution in [2.24, 2.45) is 5.92 Å². The molecule has 1 saturated heterocycles. The third-order valence-corrected chi connectivity index (χ3v) is 6.08. The molecule has 7 heteroatoms. The predicted octanol–water partition coefficient (Wildman–Crippen LogP) is 3.00. The molecular formula is C25H28N2O5. The van der Waals surface area contributed by atoms with Crippen molar-refractivity contribution in [1.29, 1.82) is 0 Å². The molecule has 0 bridgehead atoms. The van der Waals surface area contributed by atoms with E-state index in [1.807, 2.05) is 30.0 Å². The number of imide groups is 1. The normalized spacial score (nSPS) is 19.1. The summed E-state index contributed by atoms with van der Waals surface area (Å²) in [6.07, 6.45) is 1.75. The zero-order valence-electron chi connectivity index (χ0n) is 18.6. The molecule has 0 radical (unpaired) electrons. The van der Waals surface area contributed by atoms with E-state index < -0.39 is 0 Å². The summed E-state index contributed by atoms with van der Waals surface area (Å²) in [6, 6.07) is 12.6. The standard InChI is InChI=1S/C25H28N2O5/c1-16-6-4-8-19(12-16)27-24(29)22(18-9-10-20(31-2)21(13-18)32-3)23(25(27)30)26-11-5-7-17(14-26)15-28/h4,6,8-10,12-13,17,28H,5,7,11,14-15H2,1-3H3. The number of ether oxygens (including phenoxy) is 2. The third kappa shape index (κ3) is 3.84. The summed E-state index contributed by atoms with van der Waals surface area (Å²) in [5.74, 6) is 0.388. The summed E-state index contributed by atoms with van der Waals surface area (Å²) < 4.78 is 10.8. The number of carbonyl (C=O) groups excluding carboxylic acids is 2. The minimum Gasteiger partial charge on any atom is -0.493 e. The maximum atomic E-state index is 13.7. The van der Waals surface area contributed by atoms with Crippen LogP contribution in [0, 0.1) is 12.8 Å². The van der Waals surface area contributed by atoms with Crippen LogP contribution in [0.5, 0.6) is 11.5 Å². The summed E-state index contributed by atoms with van der Waals surface area (Å²) in [7, 11) is 3.09. The second-order valence-corrected chi connectivity index (χ2v) is 8.21. The Hall–Kier alpha value is -3.32. The van der Waals surface area contributed by atoms with E-state index in [-0.39, 0.29) is 24.3 Å². The van der Waals surface area contributed by atoms with Crippen molar-refractivity contribution < 1.29 is 24.2 Å². The minimum absolute atomic E-state index is 0.0548. The fourth-order valence-electron chi connectivity index (χ4n) is 4.48. The molecule has 2 aliphatic rings. The van der Waals surface area contributed by atoms with Crippen LogP contribution in [0.15, 0.2) is 48.2 Å². The van der Waals surface area contributed by atoms with Crippen LogP contribution in [0.4, 0.5) is 5.69 Å². The first-order valence-corrected chi connectivity index (χ1v) is 10.8. The molecule has 2 amide bonds. The van der Waals surface area contributed by atoms with Gasteiger partial charge in [-0.2, -0.15) is 0 Å². The van der Waals surface area contributed by atoms with Gasteiger partial charge in [0.25, 0.3) is 11.8 Å². The average Bonchev–Trinajstić information content (AvgIpc) is 3.08. The summed E-state index contributed by atoms with van der Waals surface area (Å²) in [5.41, 5.74) is 2.82. The SMILES string of the molecule is COc1ccc(C2=C(N3CCCC(CO)C3)C(=O)N(c3cccc(C)c3)C2=O)cc1OC. The van der Waals surface area contributed by atoms with Gasteiger partial charge in [-0.25, -0.2) is 4.90 Å². The summed E-state index contributed by atoms with van der Waals surface area (Å²) in [6.45, 7) is 3.17. The number of nitrogens with zero attached hydrogens (tertiary/aromatic N) is 2. The molecule has 0 spiro atoms. The molecule has 1 fully saturated rings. The first-order valence-electron chi connectivity index (χ1n) is 10.8. The molecule has 1 atom stereocenters. The molecule has 0 aromatic heterocycles. The Labute approximate surface area is 187 Å². The van der Waals surface area contributed by atoms with E-state index in [0.29, 0.717) is 47.1 Å². The number of hydrogen-bond donors (Lipinski definition) is 1.